The predicted molar refractivity (Wildman–Crippen MR) is 233 cm³/mol. The fourth-order valence-electron chi connectivity index (χ4n) is 13.3. The second-order valence-electron chi connectivity index (χ2n) is 21.3. The molecule has 9 nitrogen and oxygen atoms in total. The molecule has 6 rings (SSSR count). The van der Waals surface area contributed by atoms with Gasteiger partial charge in [0.1, 0.15) is 0 Å². The van der Waals surface area contributed by atoms with E-state index >= 15 is 0 Å². The van der Waals surface area contributed by atoms with Crippen molar-refractivity contribution in [1.29, 1.82) is 0 Å². The lowest BCUT2D eigenvalue weighted by Gasteiger charge is -2.69. The minimum atomic E-state index is -3.82. The first-order chi connectivity index (χ1) is 27.7. The zero-order chi connectivity index (χ0) is 43.2. The number of hydrogen-bond donors (Lipinski definition) is 1. The second-order valence-corrected chi connectivity index (χ2v) is 23.0. The number of ether oxygens (including phenoxy) is 5. The molecule has 0 aromatic heterocycles. The maximum absolute atomic E-state index is 14.5. The fourth-order valence-corrected chi connectivity index (χ4v) is 14.8. The third kappa shape index (κ3) is 8.16. The Kier molecular flexibility index (Phi) is 13.8. The molecule has 3 aliphatic carbocycles. The first-order valence-corrected chi connectivity index (χ1v) is 24.4. The molecule has 0 radical (unpaired) electrons. The van der Waals surface area contributed by atoms with E-state index in [1.165, 1.54) is 5.57 Å². The molecule has 0 amide bonds. The molecule has 1 N–H and O–H groups in total. The van der Waals surface area contributed by atoms with E-state index in [1.807, 2.05) is 19.1 Å². The maximum Gasteiger partial charge on any atom is 0.310 e. The van der Waals surface area contributed by atoms with Gasteiger partial charge in [-0.05, 0) is 117 Å². The molecule has 1 aromatic rings. The van der Waals surface area contributed by atoms with E-state index in [9.17, 15) is 13.2 Å². The van der Waals surface area contributed by atoms with Crippen LogP contribution in [0.4, 0.5) is 0 Å². The van der Waals surface area contributed by atoms with E-state index in [2.05, 4.69) is 80.0 Å². The lowest BCUT2D eigenvalue weighted by molar-refractivity contribution is -0.228. The number of unbranched alkanes of at least 4 members (excludes halogenated alkanes) is 1. The van der Waals surface area contributed by atoms with Gasteiger partial charge in [0.05, 0.1) is 55.0 Å². The van der Waals surface area contributed by atoms with Gasteiger partial charge in [-0.25, -0.2) is 13.1 Å². The van der Waals surface area contributed by atoms with Crippen molar-refractivity contribution in [2.45, 2.75) is 157 Å². The zero-order valence-corrected chi connectivity index (χ0v) is 39.5. The average molecular weight is 842 g/mol. The summed E-state index contributed by atoms with van der Waals surface area (Å²) < 4.78 is 62.8. The molecule has 1 unspecified atom stereocenters. The number of esters is 1. The zero-order valence-electron chi connectivity index (χ0n) is 38.7. The quantitative estimate of drug-likeness (QED) is 0.106. The Morgan fingerprint density at radius 2 is 1.58 bits per heavy atom. The fraction of sp³-hybridized carbons (Fsp3) is 0.816. The highest BCUT2D eigenvalue weighted by atomic mass is 32.2. The van der Waals surface area contributed by atoms with Crippen LogP contribution in [0, 0.1) is 63.6 Å². The molecule has 334 valence electrons. The number of sulfonamides is 1. The Balaban J connectivity index is 1.32. The van der Waals surface area contributed by atoms with Crippen LogP contribution >= 0.6 is 0 Å². The molecule has 10 heteroatoms. The van der Waals surface area contributed by atoms with Crippen LogP contribution in [0.1, 0.15) is 133 Å². The minimum Gasteiger partial charge on any atom is -0.465 e. The average Bonchev–Trinajstić information content (AvgIpc) is 3.18. The first kappa shape index (κ1) is 46.7. The Hall–Kier alpha value is -1.82. The summed E-state index contributed by atoms with van der Waals surface area (Å²) in [7, 11) is -2.09. The van der Waals surface area contributed by atoms with Crippen LogP contribution in [0.25, 0.3) is 0 Å². The summed E-state index contributed by atoms with van der Waals surface area (Å²) in [5.74, 6) is 1.20. The molecule has 4 fully saturated rings. The number of nitrogens with one attached hydrogen (secondary N) is 1. The van der Waals surface area contributed by atoms with Crippen molar-refractivity contribution in [3.8, 4) is 0 Å². The van der Waals surface area contributed by atoms with E-state index in [4.69, 9.17) is 23.7 Å². The predicted octanol–water partition coefficient (Wildman–Crippen LogP) is 9.71. The number of benzene rings is 1. The molecule has 1 aromatic carbocycles. The van der Waals surface area contributed by atoms with Gasteiger partial charge in [0.15, 0.2) is 0 Å². The lowest BCUT2D eigenvalue weighted by atomic mass is 9.35. The molecule has 2 saturated heterocycles. The Morgan fingerprint density at radius 1 is 0.898 bits per heavy atom. The molecule has 2 heterocycles. The summed E-state index contributed by atoms with van der Waals surface area (Å²) in [4.78, 5) is 14.8. The van der Waals surface area contributed by atoms with Crippen LogP contribution in [-0.2, 0) is 38.5 Å². The summed E-state index contributed by atoms with van der Waals surface area (Å²) in [6, 6.07) is 6.99. The highest BCUT2D eigenvalue weighted by Crippen LogP contribution is 2.73. The van der Waals surface area contributed by atoms with Gasteiger partial charge in [-0.3, -0.25) is 4.79 Å². The number of aryl methyl sites for hydroxylation is 1. The van der Waals surface area contributed by atoms with Crippen LogP contribution in [0.15, 0.2) is 40.8 Å². The van der Waals surface area contributed by atoms with Crippen molar-refractivity contribution >= 4 is 16.0 Å². The van der Waals surface area contributed by atoms with Crippen molar-refractivity contribution in [3.63, 3.8) is 0 Å². The van der Waals surface area contributed by atoms with E-state index in [-0.39, 0.29) is 63.2 Å². The van der Waals surface area contributed by atoms with Crippen molar-refractivity contribution in [2.24, 2.45) is 56.7 Å². The number of allylic oxidation sites excluding steroid dienone is 1. The number of carbonyl (C=O) groups is 1. The van der Waals surface area contributed by atoms with Crippen LogP contribution in [0.5, 0.6) is 0 Å². The molecule has 0 spiro atoms. The molecule has 11 atom stereocenters. The van der Waals surface area contributed by atoms with Crippen LogP contribution in [-0.4, -0.2) is 78.9 Å². The summed E-state index contributed by atoms with van der Waals surface area (Å²) in [6.45, 7) is 28.0. The van der Waals surface area contributed by atoms with Gasteiger partial charge < -0.3 is 23.7 Å². The monoisotopic (exact) mass is 842 g/mol. The standard InChI is InChI=1S/C49H79NO8S/c1-13-14-27-57-43(51)41-44(7,35(5)33(2)3)23-24-47(10)39-19-20-40-45(8,38(39)21-22-48(41,47)11)30-56-31-46(40,9)42(36(6)54-12)58-32-49(25-28-55-29-26-49)50-59(52,53)37-17-15-34(4)16-18-37/h15-18,21,33,35-36,39-42,50H,13-14,19-20,22-32H2,1-12H3/t35-,36-,39+,40-,41-,42+,44-,45+,46?,47-,48+/m1/s1. The second kappa shape index (κ2) is 17.4. The van der Waals surface area contributed by atoms with Crippen LogP contribution in [0.3, 0.4) is 0 Å². The summed E-state index contributed by atoms with van der Waals surface area (Å²) in [5, 5.41) is 0. The molecular formula is C49H79NO8S. The van der Waals surface area contributed by atoms with Gasteiger partial charge in [0, 0.05) is 31.2 Å². The summed E-state index contributed by atoms with van der Waals surface area (Å²) in [6.07, 6.45) is 9.77. The molecule has 2 saturated carbocycles. The normalized spacial score (nSPS) is 37.3. The molecule has 5 aliphatic rings. The highest BCUT2D eigenvalue weighted by molar-refractivity contribution is 7.89. The van der Waals surface area contributed by atoms with Crippen LogP contribution in [0.2, 0.25) is 0 Å². The maximum atomic E-state index is 14.5. The lowest BCUT2D eigenvalue weighted by Crippen LogP contribution is -2.66. The van der Waals surface area contributed by atoms with Crippen LogP contribution < -0.4 is 4.72 Å². The Labute approximate surface area is 357 Å². The summed E-state index contributed by atoms with van der Waals surface area (Å²) in [5.41, 5.74) is 0.471. The van der Waals surface area contributed by atoms with Gasteiger partial charge in [0.25, 0.3) is 0 Å². The number of rotatable bonds is 15. The summed E-state index contributed by atoms with van der Waals surface area (Å²) >= 11 is 0. The van der Waals surface area contributed by atoms with Crippen molar-refractivity contribution in [1.82, 2.24) is 4.72 Å². The number of hydrogen-bond acceptors (Lipinski definition) is 8. The van der Waals surface area contributed by atoms with E-state index < -0.39 is 21.0 Å². The van der Waals surface area contributed by atoms with Gasteiger partial charge in [-0.2, -0.15) is 0 Å². The number of carbonyl (C=O) groups excluding carboxylic acids is 1. The van der Waals surface area contributed by atoms with Gasteiger partial charge in [0.2, 0.25) is 10.0 Å². The molecule has 0 bridgehead atoms. The minimum absolute atomic E-state index is 0.00389. The molecular weight excluding hydrogens is 763 g/mol. The molecule has 2 aliphatic heterocycles. The largest absolute Gasteiger partial charge is 0.465 e. The third-order valence-corrected chi connectivity index (χ3v) is 19.2. The van der Waals surface area contributed by atoms with E-state index in [0.717, 1.165) is 50.5 Å². The Bertz CT molecular complexity index is 1770. The van der Waals surface area contributed by atoms with Crippen molar-refractivity contribution in [2.75, 3.05) is 46.8 Å². The SMILES string of the molecule is CCCCOC(=O)[C@@H]1[C@@](C)([C@H](C)C(C)C)CC[C@]2(C)[C@H]3CC[C@H]4C(C)([C@@H](OCC5(NS(=O)(=O)c6ccc(C)cc6)CCOCC5)[C@@H](C)OC)COC[C@@]4(C)C3=CC[C@@]12C. The van der Waals surface area contributed by atoms with Gasteiger partial charge in [-0.15, -0.1) is 0 Å². The number of methoxy groups -OCH3 is 1. The first-order valence-electron chi connectivity index (χ1n) is 23.0. The number of fused-ring (bicyclic) bond motifs is 5. The van der Waals surface area contributed by atoms with E-state index in [1.54, 1.807) is 19.2 Å². The molecule has 59 heavy (non-hydrogen) atoms. The topological polar surface area (TPSA) is 109 Å². The highest BCUT2D eigenvalue weighted by Gasteiger charge is 2.69. The Morgan fingerprint density at radius 3 is 2.20 bits per heavy atom. The smallest absolute Gasteiger partial charge is 0.310 e. The van der Waals surface area contributed by atoms with Crippen molar-refractivity contribution < 1.29 is 36.9 Å². The third-order valence-electron chi connectivity index (χ3n) is 17.6. The van der Waals surface area contributed by atoms with Crippen molar-refractivity contribution in [3.05, 3.63) is 41.5 Å². The van der Waals surface area contributed by atoms with E-state index in [0.29, 0.717) is 63.6 Å². The van der Waals surface area contributed by atoms with Gasteiger partial charge >= 0.3 is 5.97 Å². The van der Waals surface area contributed by atoms with Gasteiger partial charge in [-0.1, -0.05) is 98.1 Å².